The topological polar surface area (TPSA) is 69.6 Å². The van der Waals surface area contributed by atoms with Gasteiger partial charge in [-0.1, -0.05) is 0 Å². The van der Waals surface area contributed by atoms with Crippen LogP contribution in [0.15, 0.2) is 0 Å². The summed E-state index contributed by atoms with van der Waals surface area (Å²) < 4.78 is 27.9. The predicted molar refractivity (Wildman–Crippen MR) is 63.2 cm³/mol. The molecule has 0 spiro atoms. The summed E-state index contributed by atoms with van der Waals surface area (Å²) in [7, 11) is -3.41. The number of aliphatic hydroxyl groups excluding tert-OH is 1. The molecule has 2 unspecified atom stereocenters. The Morgan fingerprint density at radius 3 is 2.38 bits per heavy atom. The Balaban J connectivity index is 2.66. The van der Waals surface area contributed by atoms with Crippen molar-refractivity contribution < 1.29 is 13.5 Å². The standard InChI is InChI=1S/C10H22N2O3S/c1-8(13)9-5-6-12(7-9)16(14,15)11-10(2,3)4/h8-9,11,13H,5-7H2,1-4H3. The highest BCUT2D eigenvalue weighted by Gasteiger charge is 2.35. The second kappa shape index (κ2) is 4.60. The van der Waals surface area contributed by atoms with Gasteiger partial charge in [-0.05, 0) is 40.0 Å². The zero-order valence-electron chi connectivity index (χ0n) is 10.4. The van der Waals surface area contributed by atoms with Crippen molar-refractivity contribution in [3.05, 3.63) is 0 Å². The van der Waals surface area contributed by atoms with Crippen LogP contribution in [0.5, 0.6) is 0 Å². The van der Waals surface area contributed by atoms with Gasteiger partial charge in [-0.25, -0.2) is 0 Å². The molecule has 1 heterocycles. The van der Waals surface area contributed by atoms with E-state index in [0.717, 1.165) is 6.42 Å². The van der Waals surface area contributed by atoms with Crippen LogP contribution >= 0.6 is 0 Å². The average molecular weight is 250 g/mol. The molecule has 0 aromatic carbocycles. The van der Waals surface area contributed by atoms with Crippen LogP contribution in [0, 0.1) is 5.92 Å². The van der Waals surface area contributed by atoms with Gasteiger partial charge >= 0.3 is 0 Å². The summed E-state index contributed by atoms with van der Waals surface area (Å²) in [5.74, 6) is 0.0524. The van der Waals surface area contributed by atoms with Gasteiger partial charge in [0.1, 0.15) is 0 Å². The van der Waals surface area contributed by atoms with E-state index >= 15 is 0 Å². The number of aliphatic hydroxyl groups is 1. The van der Waals surface area contributed by atoms with Crippen molar-refractivity contribution >= 4 is 10.2 Å². The van der Waals surface area contributed by atoms with Gasteiger partial charge in [-0.3, -0.25) is 0 Å². The number of rotatable bonds is 3. The number of hydrogen-bond acceptors (Lipinski definition) is 3. The van der Waals surface area contributed by atoms with Crippen LogP contribution in [-0.4, -0.2) is 42.6 Å². The maximum atomic E-state index is 11.9. The third-order valence-corrected chi connectivity index (χ3v) is 4.53. The van der Waals surface area contributed by atoms with Crippen LogP contribution in [0.4, 0.5) is 0 Å². The molecule has 0 aromatic heterocycles. The molecule has 0 saturated carbocycles. The summed E-state index contributed by atoms with van der Waals surface area (Å²) in [6.45, 7) is 8.04. The Labute approximate surface area is 98.0 Å². The molecule has 0 aromatic rings. The molecule has 5 nitrogen and oxygen atoms in total. The van der Waals surface area contributed by atoms with Gasteiger partial charge in [0.25, 0.3) is 10.2 Å². The summed E-state index contributed by atoms with van der Waals surface area (Å²) in [4.78, 5) is 0. The third-order valence-electron chi connectivity index (χ3n) is 2.64. The fraction of sp³-hybridized carbons (Fsp3) is 1.00. The fourth-order valence-electron chi connectivity index (χ4n) is 1.82. The molecule has 1 aliphatic rings. The molecular weight excluding hydrogens is 228 g/mol. The van der Waals surface area contributed by atoms with Crippen molar-refractivity contribution in [1.29, 1.82) is 0 Å². The van der Waals surface area contributed by atoms with Crippen LogP contribution in [0.3, 0.4) is 0 Å². The van der Waals surface area contributed by atoms with E-state index in [1.54, 1.807) is 6.92 Å². The molecule has 1 fully saturated rings. The minimum absolute atomic E-state index is 0.0524. The predicted octanol–water partition coefficient (Wildman–Crippen LogP) is 0.322. The fourth-order valence-corrected chi connectivity index (χ4v) is 3.45. The molecule has 0 radical (unpaired) electrons. The summed E-state index contributed by atoms with van der Waals surface area (Å²) in [5.41, 5.74) is -0.470. The molecule has 0 bridgehead atoms. The first kappa shape index (κ1) is 13.9. The van der Waals surface area contributed by atoms with Crippen LogP contribution in [0.1, 0.15) is 34.1 Å². The highest BCUT2D eigenvalue weighted by molar-refractivity contribution is 7.87. The van der Waals surface area contributed by atoms with Crippen LogP contribution < -0.4 is 4.72 Å². The SMILES string of the molecule is CC(O)C1CCN(S(=O)(=O)NC(C)(C)C)C1. The zero-order valence-corrected chi connectivity index (χ0v) is 11.2. The Hall–Kier alpha value is -0.170. The molecule has 96 valence electrons. The maximum Gasteiger partial charge on any atom is 0.279 e. The first-order chi connectivity index (χ1) is 7.12. The molecule has 0 aliphatic carbocycles. The van der Waals surface area contributed by atoms with Gasteiger partial charge < -0.3 is 5.11 Å². The van der Waals surface area contributed by atoms with Crippen LogP contribution in [0.2, 0.25) is 0 Å². The van der Waals surface area contributed by atoms with Crippen molar-refractivity contribution in [2.75, 3.05) is 13.1 Å². The van der Waals surface area contributed by atoms with E-state index in [2.05, 4.69) is 4.72 Å². The van der Waals surface area contributed by atoms with Crippen molar-refractivity contribution in [1.82, 2.24) is 9.03 Å². The monoisotopic (exact) mass is 250 g/mol. The third kappa shape index (κ3) is 3.69. The first-order valence-electron chi connectivity index (χ1n) is 5.59. The smallest absolute Gasteiger partial charge is 0.279 e. The number of nitrogens with zero attached hydrogens (tertiary/aromatic N) is 1. The number of nitrogens with one attached hydrogen (secondary N) is 1. The largest absolute Gasteiger partial charge is 0.393 e. The van der Waals surface area contributed by atoms with E-state index in [4.69, 9.17) is 0 Å². The first-order valence-corrected chi connectivity index (χ1v) is 7.03. The molecule has 16 heavy (non-hydrogen) atoms. The Bertz CT molecular complexity index is 332. The molecular formula is C10H22N2O3S. The van der Waals surface area contributed by atoms with Gasteiger partial charge in [0.05, 0.1) is 6.10 Å². The van der Waals surface area contributed by atoms with Gasteiger partial charge in [-0.15, -0.1) is 0 Å². The van der Waals surface area contributed by atoms with Crippen molar-refractivity contribution in [2.24, 2.45) is 5.92 Å². The molecule has 1 aliphatic heterocycles. The molecule has 2 N–H and O–H groups in total. The van der Waals surface area contributed by atoms with Crippen molar-refractivity contribution in [2.45, 2.75) is 45.8 Å². The lowest BCUT2D eigenvalue weighted by Gasteiger charge is -2.25. The summed E-state index contributed by atoms with van der Waals surface area (Å²) in [5, 5.41) is 9.43. The van der Waals surface area contributed by atoms with Gasteiger partial charge in [0, 0.05) is 18.6 Å². The van der Waals surface area contributed by atoms with Gasteiger partial charge in [0.2, 0.25) is 0 Å². The van der Waals surface area contributed by atoms with Gasteiger partial charge in [-0.2, -0.15) is 17.4 Å². The van der Waals surface area contributed by atoms with E-state index < -0.39 is 21.9 Å². The van der Waals surface area contributed by atoms with E-state index in [0.29, 0.717) is 13.1 Å². The van der Waals surface area contributed by atoms with E-state index in [9.17, 15) is 13.5 Å². The second-order valence-electron chi connectivity index (χ2n) is 5.50. The quantitative estimate of drug-likeness (QED) is 0.758. The minimum atomic E-state index is -3.41. The maximum absolute atomic E-state index is 11.9. The Kier molecular flexibility index (Phi) is 3.99. The van der Waals surface area contributed by atoms with Crippen molar-refractivity contribution in [3.8, 4) is 0 Å². The lowest BCUT2D eigenvalue weighted by molar-refractivity contribution is 0.132. The van der Waals surface area contributed by atoms with Crippen LogP contribution in [0.25, 0.3) is 0 Å². The normalized spacial score (nSPS) is 25.9. The average Bonchev–Trinajstić information content (AvgIpc) is 2.46. The molecule has 2 atom stereocenters. The second-order valence-corrected chi connectivity index (χ2v) is 7.18. The summed E-state index contributed by atoms with van der Waals surface area (Å²) in [6.07, 6.45) is 0.276. The lowest BCUT2D eigenvalue weighted by Crippen LogP contribution is -2.48. The summed E-state index contributed by atoms with van der Waals surface area (Å²) in [6, 6.07) is 0. The Morgan fingerprint density at radius 2 is 2.00 bits per heavy atom. The molecule has 1 saturated heterocycles. The lowest BCUT2D eigenvalue weighted by atomic mass is 10.0. The van der Waals surface area contributed by atoms with E-state index in [1.165, 1.54) is 4.31 Å². The molecule has 6 heteroatoms. The molecule has 1 rings (SSSR count). The minimum Gasteiger partial charge on any atom is -0.393 e. The number of hydrogen-bond donors (Lipinski definition) is 2. The van der Waals surface area contributed by atoms with E-state index in [1.807, 2.05) is 20.8 Å². The van der Waals surface area contributed by atoms with Crippen LogP contribution in [-0.2, 0) is 10.2 Å². The van der Waals surface area contributed by atoms with E-state index in [-0.39, 0.29) is 5.92 Å². The molecule has 0 amide bonds. The van der Waals surface area contributed by atoms with Gasteiger partial charge in [0.15, 0.2) is 0 Å². The zero-order chi connectivity index (χ0) is 12.6. The highest BCUT2D eigenvalue weighted by Crippen LogP contribution is 2.22. The Morgan fingerprint density at radius 1 is 1.44 bits per heavy atom. The van der Waals surface area contributed by atoms with Crippen molar-refractivity contribution in [3.63, 3.8) is 0 Å². The highest BCUT2D eigenvalue weighted by atomic mass is 32.2. The summed E-state index contributed by atoms with van der Waals surface area (Å²) >= 11 is 0.